The number of carboxylic acids is 1. The largest absolute Gasteiger partial charge is 0.481 e. The van der Waals surface area contributed by atoms with Crippen molar-refractivity contribution in [3.05, 3.63) is 106 Å². The molecule has 3 aromatic carbocycles. The fraction of sp³-hybridized carbons (Fsp3) is 0.267. The normalized spacial score (nSPS) is 12.1. The van der Waals surface area contributed by atoms with Crippen LogP contribution in [-0.4, -0.2) is 31.5 Å². The van der Waals surface area contributed by atoms with E-state index in [9.17, 15) is 14.4 Å². The highest BCUT2D eigenvalue weighted by Gasteiger charge is 2.28. The summed E-state index contributed by atoms with van der Waals surface area (Å²) in [4.78, 5) is 37.1. The molecular weight excluding hydrogens is 494 g/mol. The maximum atomic E-state index is 13.5. The number of carboxylic acid groups (broad SMARTS) is 1. The lowest BCUT2D eigenvalue weighted by Crippen LogP contribution is -2.38. The minimum atomic E-state index is -0.844. The van der Waals surface area contributed by atoms with Crippen LogP contribution in [0.15, 0.2) is 77.6 Å². The Kier molecular flexibility index (Phi) is 7.71. The molecule has 3 N–H and O–H groups in total. The number of benzene rings is 3. The van der Waals surface area contributed by atoms with E-state index in [4.69, 9.17) is 5.11 Å². The molecule has 1 aromatic heterocycles. The number of rotatable bonds is 8. The number of carbonyl (C=O) groups excluding carboxylic acids is 1. The zero-order chi connectivity index (χ0) is 28.3. The molecule has 0 bridgehead atoms. The number of urea groups is 1. The van der Waals surface area contributed by atoms with Gasteiger partial charge in [-0.25, -0.2) is 18.8 Å². The van der Waals surface area contributed by atoms with Gasteiger partial charge in [0.25, 0.3) is 0 Å². The fourth-order valence-corrected chi connectivity index (χ4v) is 4.43. The summed E-state index contributed by atoms with van der Waals surface area (Å²) in [6.07, 6.45) is 0.411. The molecule has 0 radical (unpaired) electrons. The highest BCUT2D eigenvalue weighted by atomic mass is 16.4. The molecule has 0 aliphatic carbocycles. The lowest BCUT2D eigenvalue weighted by atomic mass is 9.94. The Labute approximate surface area is 227 Å². The topological polar surface area (TPSA) is 118 Å². The van der Waals surface area contributed by atoms with E-state index in [-0.39, 0.29) is 11.7 Å². The van der Waals surface area contributed by atoms with Crippen molar-refractivity contribution in [1.82, 2.24) is 14.3 Å². The number of hydrogen-bond donors (Lipinski definition) is 3. The van der Waals surface area contributed by atoms with Gasteiger partial charge in [-0.15, -0.1) is 0 Å². The second-order valence-corrected chi connectivity index (χ2v) is 10.2. The SMILES string of the molecule is Cc1ccccc1NC(=O)Nc1ccc(C(C)(C)n2nc(C)n(-c3ccc(CC(C)C(=O)O)cc3)c2=O)cc1. The van der Waals surface area contributed by atoms with Gasteiger partial charge in [-0.2, -0.15) is 5.10 Å². The number of para-hydroxylation sites is 1. The van der Waals surface area contributed by atoms with Crippen LogP contribution < -0.4 is 16.3 Å². The van der Waals surface area contributed by atoms with Crippen LogP contribution in [0.4, 0.5) is 16.2 Å². The number of aliphatic carboxylic acids is 1. The molecule has 4 aromatic rings. The Morgan fingerprint density at radius 1 is 0.949 bits per heavy atom. The molecule has 2 amide bonds. The van der Waals surface area contributed by atoms with Crippen LogP contribution in [0.25, 0.3) is 5.69 Å². The average molecular weight is 528 g/mol. The summed E-state index contributed by atoms with van der Waals surface area (Å²) in [5.41, 5.74) is 3.65. The van der Waals surface area contributed by atoms with E-state index in [0.29, 0.717) is 23.6 Å². The molecule has 9 nitrogen and oxygen atoms in total. The third kappa shape index (κ3) is 5.93. The summed E-state index contributed by atoms with van der Waals surface area (Å²) >= 11 is 0. The molecule has 1 heterocycles. The molecule has 39 heavy (non-hydrogen) atoms. The van der Waals surface area contributed by atoms with Crippen molar-refractivity contribution in [2.45, 2.75) is 46.6 Å². The number of hydrogen-bond acceptors (Lipinski definition) is 4. The maximum Gasteiger partial charge on any atom is 0.351 e. The van der Waals surface area contributed by atoms with E-state index in [2.05, 4.69) is 15.7 Å². The quantitative estimate of drug-likeness (QED) is 0.286. The highest BCUT2D eigenvalue weighted by Crippen LogP contribution is 2.26. The third-order valence-electron chi connectivity index (χ3n) is 6.87. The second-order valence-electron chi connectivity index (χ2n) is 10.2. The van der Waals surface area contributed by atoms with Gasteiger partial charge >= 0.3 is 17.7 Å². The monoisotopic (exact) mass is 527 g/mol. The molecule has 202 valence electrons. The minimum Gasteiger partial charge on any atom is -0.481 e. The minimum absolute atomic E-state index is 0.288. The van der Waals surface area contributed by atoms with Crippen LogP contribution in [0, 0.1) is 19.8 Å². The second kappa shape index (κ2) is 11.0. The first-order valence-corrected chi connectivity index (χ1v) is 12.7. The molecule has 0 spiro atoms. The van der Waals surface area contributed by atoms with Crippen molar-refractivity contribution < 1.29 is 14.7 Å². The van der Waals surface area contributed by atoms with Crippen molar-refractivity contribution in [2.75, 3.05) is 10.6 Å². The zero-order valence-electron chi connectivity index (χ0n) is 22.7. The van der Waals surface area contributed by atoms with Gasteiger partial charge in [0.2, 0.25) is 0 Å². The lowest BCUT2D eigenvalue weighted by molar-refractivity contribution is -0.141. The van der Waals surface area contributed by atoms with Crippen LogP contribution in [0.5, 0.6) is 0 Å². The summed E-state index contributed by atoms with van der Waals surface area (Å²) in [7, 11) is 0. The summed E-state index contributed by atoms with van der Waals surface area (Å²) in [5, 5.41) is 19.4. The molecule has 0 saturated carbocycles. The first-order chi connectivity index (χ1) is 18.5. The predicted molar refractivity (Wildman–Crippen MR) is 152 cm³/mol. The van der Waals surface area contributed by atoms with E-state index in [1.54, 1.807) is 38.1 Å². The van der Waals surface area contributed by atoms with Gasteiger partial charge in [-0.05, 0) is 81.1 Å². The summed E-state index contributed by atoms with van der Waals surface area (Å²) in [6, 6.07) is 21.8. The van der Waals surface area contributed by atoms with Gasteiger partial charge in [0.05, 0.1) is 17.1 Å². The van der Waals surface area contributed by atoms with Crippen molar-refractivity contribution in [2.24, 2.45) is 5.92 Å². The van der Waals surface area contributed by atoms with E-state index in [0.717, 1.165) is 22.4 Å². The van der Waals surface area contributed by atoms with E-state index >= 15 is 0 Å². The molecule has 1 atom stereocenters. The van der Waals surface area contributed by atoms with Gasteiger partial charge in [0.1, 0.15) is 5.82 Å². The molecule has 1 unspecified atom stereocenters. The summed E-state index contributed by atoms with van der Waals surface area (Å²) in [5.74, 6) is -0.803. The Morgan fingerprint density at radius 2 is 1.59 bits per heavy atom. The molecule has 0 aliphatic heterocycles. The maximum absolute atomic E-state index is 13.5. The van der Waals surface area contributed by atoms with Gasteiger partial charge < -0.3 is 15.7 Å². The van der Waals surface area contributed by atoms with Gasteiger partial charge in [-0.1, -0.05) is 49.4 Å². The van der Waals surface area contributed by atoms with E-state index in [1.165, 1.54) is 9.25 Å². The van der Waals surface area contributed by atoms with Gasteiger partial charge in [0.15, 0.2) is 0 Å². The number of nitrogens with one attached hydrogen (secondary N) is 2. The van der Waals surface area contributed by atoms with Crippen LogP contribution in [0.3, 0.4) is 0 Å². The number of anilines is 2. The molecule has 0 saturated heterocycles. The number of amides is 2. The number of aryl methyl sites for hydroxylation is 2. The molecule has 4 rings (SSSR count). The summed E-state index contributed by atoms with van der Waals surface area (Å²) in [6.45, 7) is 9.19. The first-order valence-electron chi connectivity index (χ1n) is 12.7. The predicted octanol–water partition coefficient (Wildman–Crippen LogP) is 5.34. The van der Waals surface area contributed by atoms with Crippen molar-refractivity contribution in [3.8, 4) is 5.69 Å². The molecular formula is C30H33N5O4. The Bertz CT molecular complexity index is 1550. The molecule has 9 heteroatoms. The summed E-state index contributed by atoms with van der Waals surface area (Å²) < 4.78 is 2.99. The molecule has 0 aliphatic rings. The Hall–Kier alpha value is -4.66. The third-order valence-corrected chi connectivity index (χ3v) is 6.87. The average Bonchev–Trinajstić information content (AvgIpc) is 3.20. The van der Waals surface area contributed by atoms with Crippen LogP contribution in [0.2, 0.25) is 0 Å². The van der Waals surface area contributed by atoms with Crippen molar-refractivity contribution >= 4 is 23.4 Å². The van der Waals surface area contributed by atoms with Gasteiger partial charge in [0, 0.05) is 11.4 Å². The Balaban J connectivity index is 1.52. The smallest absolute Gasteiger partial charge is 0.351 e. The van der Waals surface area contributed by atoms with E-state index in [1.807, 2.05) is 69.3 Å². The fourth-order valence-electron chi connectivity index (χ4n) is 4.43. The number of aromatic nitrogens is 3. The Morgan fingerprint density at radius 3 is 2.21 bits per heavy atom. The lowest BCUT2D eigenvalue weighted by Gasteiger charge is -2.25. The van der Waals surface area contributed by atoms with E-state index < -0.39 is 17.4 Å². The zero-order valence-corrected chi connectivity index (χ0v) is 22.7. The van der Waals surface area contributed by atoms with Crippen LogP contribution in [-0.2, 0) is 16.8 Å². The van der Waals surface area contributed by atoms with Crippen molar-refractivity contribution in [3.63, 3.8) is 0 Å². The number of carbonyl (C=O) groups is 2. The molecule has 0 fully saturated rings. The van der Waals surface area contributed by atoms with Crippen LogP contribution in [0.1, 0.15) is 43.3 Å². The van der Waals surface area contributed by atoms with Crippen molar-refractivity contribution in [1.29, 1.82) is 0 Å². The highest BCUT2D eigenvalue weighted by molar-refractivity contribution is 6.00. The van der Waals surface area contributed by atoms with Crippen LogP contribution >= 0.6 is 0 Å². The number of nitrogens with zero attached hydrogens (tertiary/aromatic N) is 3. The standard InChI is InChI=1S/C30H33N5O4/c1-19-8-6-7-9-26(19)32-28(38)31-24-14-12-23(13-15-24)30(4,5)35-29(39)34(21(3)33-35)25-16-10-22(11-17-25)18-20(2)27(36)37/h6-17,20H,18H2,1-5H3,(H,36,37)(H2,31,32,38). The van der Waals surface area contributed by atoms with Gasteiger partial charge in [-0.3, -0.25) is 4.79 Å². The first kappa shape index (κ1) is 27.4.